The minimum atomic E-state index is 0.0297. The molecule has 0 atom stereocenters. The summed E-state index contributed by atoms with van der Waals surface area (Å²) >= 11 is 0. The standard InChI is InChI=1S/C23H39N5O3/c1-23(2,28-11-15-30-16-12-28)19-26-22(24-3)25-18-20-6-4-5-7-21(20)31-17-10-27-8-13-29-14-9-27/h4-7H,8-19H2,1-3H3,(H2,24,25,26). The van der Waals surface area contributed by atoms with Crippen LogP contribution >= 0.6 is 0 Å². The molecule has 8 nitrogen and oxygen atoms in total. The summed E-state index contributed by atoms with van der Waals surface area (Å²) < 4.78 is 17.0. The highest BCUT2D eigenvalue weighted by Gasteiger charge is 2.28. The van der Waals surface area contributed by atoms with Gasteiger partial charge in [-0.3, -0.25) is 14.8 Å². The van der Waals surface area contributed by atoms with Gasteiger partial charge in [0.1, 0.15) is 12.4 Å². The molecule has 2 N–H and O–H groups in total. The third-order valence-electron chi connectivity index (χ3n) is 5.97. The minimum Gasteiger partial charge on any atom is -0.492 e. The van der Waals surface area contributed by atoms with Crippen LogP contribution in [0.3, 0.4) is 0 Å². The molecule has 8 heteroatoms. The van der Waals surface area contributed by atoms with E-state index in [9.17, 15) is 0 Å². The molecule has 0 radical (unpaired) electrons. The van der Waals surface area contributed by atoms with Crippen LogP contribution in [0.1, 0.15) is 19.4 Å². The van der Waals surface area contributed by atoms with Crippen molar-refractivity contribution in [2.24, 2.45) is 4.99 Å². The molecule has 2 fully saturated rings. The van der Waals surface area contributed by atoms with Crippen LogP contribution in [0.5, 0.6) is 5.75 Å². The maximum Gasteiger partial charge on any atom is 0.191 e. The van der Waals surface area contributed by atoms with Gasteiger partial charge in [0.15, 0.2) is 5.96 Å². The van der Waals surface area contributed by atoms with Crippen molar-refractivity contribution in [3.8, 4) is 5.75 Å². The molecule has 31 heavy (non-hydrogen) atoms. The van der Waals surface area contributed by atoms with E-state index < -0.39 is 0 Å². The Morgan fingerprint density at radius 1 is 1.03 bits per heavy atom. The maximum absolute atomic E-state index is 6.10. The number of para-hydroxylation sites is 1. The van der Waals surface area contributed by atoms with Gasteiger partial charge in [-0.1, -0.05) is 18.2 Å². The van der Waals surface area contributed by atoms with Gasteiger partial charge in [0.25, 0.3) is 0 Å². The van der Waals surface area contributed by atoms with Crippen molar-refractivity contribution in [2.45, 2.75) is 25.9 Å². The number of hydrogen-bond donors (Lipinski definition) is 2. The summed E-state index contributed by atoms with van der Waals surface area (Å²) in [6.07, 6.45) is 0. The number of nitrogens with zero attached hydrogens (tertiary/aromatic N) is 3. The van der Waals surface area contributed by atoms with Crippen LogP contribution in [-0.4, -0.2) is 101 Å². The zero-order valence-corrected chi connectivity index (χ0v) is 19.4. The third kappa shape index (κ3) is 7.64. The van der Waals surface area contributed by atoms with Crippen LogP contribution in [-0.2, 0) is 16.0 Å². The summed E-state index contributed by atoms with van der Waals surface area (Å²) in [5.41, 5.74) is 1.15. The fraction of sp³-hybridized carbons (Fsp3) is 0.696. The van der Waals surface area contributed by atoms with Gasteiger partial charge >= 0.3 is 0 Å². The lowest BCUT2D eigenvalue weighted by Gasteiger charge is -2.41. The fourth-order valence-electron chi connectivity index (χ4n) is 3.88. The topological polar surface area (TPSA) is 70.6 Å². The molecule has 0 aromatic heterocycles. The van der Waals surface area contributed by atoms with E-state index in [1.54, 1.807) is 0 Å². The predicted octanol–water partition coefficient (Wildman–Crippen LogP) is 1.17. The van der Waals surface area contributed by atoms with Crippen molar-refractivity contribution in [1.82, 2.24) is 20.4 Å². The lowest BCUT2D eigenvalue weighted by atomic mass is 10.0. The third-order valence-corrected chi connectivity index (χ3v) is 5.97. The average molecular weight is 434 g/mol. The van der Waals surface area contributed by atoms with Crippen molar-refractivity contribution in [3.63, 3.8) is 0 Å². The molecule has 0 unspecified atom stereocenters. The Labute approximate surface area is 186 Å². The quantitative estimate of drug-likeness (QED) is 0.448. The second kappa shape index (κ2) is 12.2. The lowest BCUT2D eigenvalue weighted by molar-refractivity contribution is -0.00834. The Hall–Kier alpha value is -1.87. The maximum atomic E-state index is 6.10. The number of nitrogens with one attached hydrogen (secondary N) is 2. The average Bonchev–Trinajstić information content (AvgIpc) is 2.81. The van der Waals surface area contributed by atoms with Gasteiger partial charge in [-0.2, -0.15) is 0 Å². The first-order chi connectivity index (χ1) is 15.1. The highest BCUT2D eigenvalue weighted by atomic mass is 16.5. The summed E-state index contributed by atoms with van der Waals surface area (Å²) in [4.78, 5) is 9.24. The zero-order chi connectivity index (χ0) is 21.9. The molecule has 1 aromatic rings. The Morgan fingerprint density at radius 3 is 2.42 bits per heavy atom. The molecule has 0 bridgehead atoms. The number of ether oxygens (including phenoxy) is 3. The molecular formula is C23H39N5O3. The molecular weight excluding hydrogens is 394 g/mol. The van der Waals surface area contributed by atoms with Gasteiger partial charge in [-0.15, -0.1) is 0 Å². The summed E-state index contributed by atoms with van der Waals surface area (Å²) in [6.45, 7) is 14.7. The number of rotatable bonds is 9. The molecule has 0 aliphatic carbocycles. The van der Waals surface area contributed by atoms with Gasteiger partial charge in [0.05, 0.1) is 26.4 Å². The van der Waals surface area contributed by atoms with Gasteiger partial charge < -0.3 is 24.8 Å². The molecule has 2 aliphatic rings. The summed E-state index contributed by atoms with van der Waals surface area (Å²) in [6, 6.07) is 8.20. The lowest BCUT2D eigenvalue weighted by Crippen LogP contribution is -2.56. The second-order valence-corrected chi connectivity index (χ2v) is 8.60. The fourth-order valence-corrected chi connectivity index (χ4v) is 3.88. The molecule has 0 amide bonds. The first-order valence-corrected chi connectivity index (χ1v) is 11.4. The highest BCUT2D eigenvalue weighted by molar-refractivity contribution is 5.79. The molecule has 174 valence electrons. The van der Waals surface area contributed by atoms with Crippen molar-refractivity contribution >= 4 is 5.96 Å². The Kier molecular flexibility index (Phi) is 9.39. The van der Waals surface area contributed by atoms with Crippen LogP contribution in [0, 0.1) is 0 Å². The van der Waals surface area contributed by atoms with Crippen LogP contribution in [0.25, 0.3) is 0 Å². The van der Waals surface area contributed by atoms with E-state index in [0.717, 1.165) is 83.0 Å². The van der Waals surface area contributed by atoms with Crippen LogP contribution < -0.4 is 15.4 Å². The highest BCUT2D eigenvalue weighted by Crippen LogP contribution is 2.18. The molecule has 2 aliphatic heterocycles. The Balaban J connectivity index is 1.45. The van der Waals surface area contributed by atoms with E-state index in [-0.39, 0.29) is 5.54 Å². The van der Waals surface area contributed by atoms with Gasteiger partial charge in [-0.25, -0.2) is 0 Å². The normalized spacial score (nSPS) is 19.3. The SMILES string of the molecule is CN=C(NCc1ccccc1OCCN1CCOCC1)NCC(C)(C)N1CCOCC1. The van der Waals surface area contributed by atoms with E-state index in [4.69, 9.17) is 14.2 Å². The van der Waals surface area contributed by atoms with Crippen molar-refractivity contribution in [3.05, 3.63) is 29.8 Å². The van der Waals surface area contributed by atoms with E-state index >= 15 is 0 Å². The van der Waals surface area contributed by atoms with Crippen LogP contribution in [0.4, 0.5) is 0 Å². The van der Waals surface area contributed by atoms with Gasteiger partial charge in [-0.05, 0) is 19.9 Å². The summed E-state index contributed by atoms with van der Waals surface area (Å²) in [5.74, 6) is 1.72. The predicted molar refractivity (Wildman–Crippen MR) is 124 cm³/mol. The minimum absolute atomic E-state index is 0.0297. The Bertz CT molecular complexity index is 686. The number of morpholine rings is 2. The first-order valence-electron chi connectivity index (χ1n) is 11.4. The van der Waals surface area contributed by atoms with E-state index in [2.05, 4.69) is 45.3 Å². The molecule has 0 spiro atoms. The number of benzene rings is 1. The molecule has 0 saturated carbocycles. The molecule has 3 rings (SSSR count). The molecule has 1 aromatic carbocycles. The van der Waals surface area contributed by atoms with Crippen LogP contribution in [0.2, 0.25) is 0 Å². The first kappa shape index (κ1) is 23.8. The van der Waals surface area contributed by atoms with Crippen molar-refractivity contribution in [2.75, 3.05) is 79.4 Å². The van der Waals surface area contributed by atoms with Crippen LogP contribution in [0.15, 0.2) is 29.3 Å². The summed E-state index contributed by atoms with van der Waals surface area (Å²) in [5, 5.41) is 6.91. The van der Waals surface area contributed by atoms with E-state index in [1.807, 2.05) is 25.2 Å². The number of hydrogen-bond acceptors (Lipinski definition) is 6. The van der Waals surface area contributed by atoms with Crippen molar-refractivity contribution < 1.29 is 14.2 Å². The summed E-state index contributed by atoms with van der Waals surface area (Å²) in [7, 11) is 1.81. The largest absolute Gasteiger partial charge is 0.492 e. The second-order valence-electron chi connectivity index (χ2n) is 8.60. The Morgan fingerprint density at radius 2 is 1.71 bits per heavy atom. The molecule has 2 saturated heterocycles. The van der Waals surface area contributed by atoms with E-state index in [1.165, 1.54) is 0 Å². The monoisotopic (exact) mass is 433 g/mol. The molecule has 2 heterocycles. The van der Waals surface area contributed by atoms with Gasteiger partial charge in [0.2, 0.25) is 0 Å². The smallest absolute Gasteiger partial charge is 0.191 e. The number of guanidine groups is 1. The zero-order valence-electron chi connectivity index (χ0n) is 19.4. The van der Waals surface area contributed by atoms with E-state index in [0.29, 0.717) is 13.2 Å². The van der Waals surface area contributed by atoms with Crippen molar-refractivity contribution in [1.29, 1.82) is 0 Å². The number of aliphatic imine (C=N–C) groups is 1. The van der Waals surface area contributed by atoms with Gasteiger partial charge in [0, 0.05) is 64.0 Å².